The molecule has 1 saturated heterocycles. The van der Waals surface area contributed by atoms with Crippen molar-refractivity contribution in [1.29, 1.82) is 0 Å². The Morgan fingerprint density at radius 2 is 1.84 bits per heavy atom. The molecule has 1 aliphatic carbocycles. The first-order valence-electron chi connectivity index (χ1n) is 11.1. The lowest BCUT2D eigenvalue weighted by Crippen LogP contribution is -2.47. The largest absolute Gasteiger partial charge is 0.302 e. The second-order valence-corrected chi connectivity index (χ2v) is 9.93. The number of nitrogens with one attached hydrogen (secondary N) is 1. The van der Waals surface area contributed by atoms with E-state index < -0.39 is 6.04 Å². The van der Waals surface area contributed by atoms with Gasteiger partial charge >= 0.3 is 0 Å². The third-order valence-electron chi connectivity index (χ3n) is 6.59. The fraction of sp³-hybridized carbons (Fsp3) is 0.400. The lowest BCUT2D eigenvalue weighted by Gasteiger charge is -2.31. The summed E-state index contributed by atoms with van der Waals surface area (Å²) < 4.78 is 1.16. The predicted molar refractivity (Wildman–Crippen MR) is 125 cm³/mol. The Morgan fingerprint density at radius 3 is 2.61 bits per heavy atom. The normalized spacial score (nSPS) is 24.3. The van der Waals surface area contributed by atoms with Crippen LogP contribution in [0.2, 0.25) is 0 Å². The van der Waals surface area contributed by atoms with Crippen molar-refractivity contribution in [2.24, 2.45) is 5.92 Å². The number of thiazole rings is 1. The first-order chi connectivity index (χ1) is 15.0. The van der Waals surface area contributed by atoms with Gasteiger partial charge in [0.15, 0.2) is 0 Å². The van der Waals surface area contributed by atoms with Gasteiger partial charge in [0.05, 0.1) is 28.4 Å². The molecule has 1 saturated carbocycles. The first-order valence-corrected chi connectivity index (χ1v) is 11.9. The van der Waals surface area contributed by atoms with Crippen LogP contribution in [0.1, 0.15) is 44.6 Å². The van der Waals surface area contributed by atoms with E-state index in [4.69, 9.17) is 4.98 Å². The van der Waals surface area contributed by atoms with Crippen molar-refractivity contribution >= 4 is 39.1 Å². The highest BCUT2D eigenvalue weighted by atomic mass is 32.1. The summed E-state index contributed by atoms with van der Waals surface area (Å²) in [5.74, 6) is 0.280. The minimum atomic E-state index is -0.412. The maximum atomic E-state index is 13.0. The van der Waals surface area contributed by atoms with Crippen molar-refractivity contribution in [3.8, 4) is 10.6 Å². The SMILES string of the molecule is Cc1ccc2nc(-c3ccc(N4C(=O)C[C@H](N[C@H]5CCCC[C@@H]5C)C4=O)cc3)sc2c1. The zero-order valence-electron chi connectivity index (χ0n) is 17.9. The van der Waals surface area contributed by atoms with Crippen LogP contribution in [-0.2, 0) is 9.59 Å². The molecule has 3 atom stereocenters. The van der Waals surface area contributed by atoms with Gasteiger partial charge in [-0.2, -0.15) is 0 Å². The summed E-state index contributed by atoms with van der Waals surface area (Å²) >= 11 is 1.66. The summed E-state index contributed by atoms with van der Waals surface area (Å²) in [5.41, 5.74) is 3.84. The van der Waals surface area contributed by atoms with Crippen molar-refractivity contribution in [2.75, 3.05) is 4.90 Å². The standard InChI is InChI=1S/C25H27N3O2S/c1-15-7-12-20-22(13-15)31-24(27-20)17-8-10-18(11-9-17)28-23(29)14-21(25(28)30)26-19-6-4-3-5-16(19)2/h7-13,16,19,21,26H,3-6,14H2,1-2H3/t16-,19-,21-/m0/s1. The van der Waals surface area contributed by atoms with Crippen molar-refractivity contribution < 1.29 is 9.59 Å². The molecule has 2 aromatic carbocycles. The van der Waals surface area contributed by atoms with E-state index in [9.17, 15) is 9.59 Å². The molecule has 2 amide bonds. The Balaban J connectivity index is 1.33. The van der Waals surface area contributed by atoms with E-state index in [-0.39, 0.29) is 18.2 Å². The zero-order chi connectivity index (χ0) is 21.5. The third kappa shape index (κ3) is 3.90. The Hall–Kier alpha value is -2.57. The van der Waals surface area contributed by atoms with E-state index in [2.05, 4.69) is 31.3 Å². The van der Waals surface area contributed by atoms with E-state index in [0.717, 1.165) is 27.2 Å². The van der Waals surface area contributed by atoms with Crippen LogP contribution in [0.3, 0.4) is 0 Å². The molecule has 2 fully saturated rings. The molecule has 160 valence electrons. The number of imide groups is 1. The summed E-state index contributed by atoms with van der Waals surface area (Å²) in [4.78, 5) is 31.8. The van der Waals surface area contributed by atoms with Crippen LogP contribution in [0.15, 0.2) is 42.5 Å². The molecule has 5 nitrogen and oxygen atoms in total. The van der Waals surface area contributed by atoms with E-state index in [1.54, 1.807) is 11.3 Å². The van der Waals surface area contributed by atoms with Crippen LogP contribution in [0.5, 0.6) is 0 Å². The number of hydrogen-bond acceptors (Lipinski definition) is 5. The fourth-order valence-electron chi connectivity index (χ4n) is 4.76. The molecule has 0 radical (unpaired) electrons. The monoisotopic (exact) mass is 433 g/mol. The molecule has 6 heteroatoms. The van der Waals surface area contributed by atoms with Crippen LogP contribution in [-0.4, -0.2) is 28.9 Å². The second kappa shape index (κ2) is 8.17. The highest BCUT2D eigenvalue weighted by Gasteiger charge is 2.41. The Bertz CT molecular complexity index is 1140. The van der Waals surface area contributed by atoms with Crippen LogP contribution in [0.25, 0.3) is 20.8 Å². The van der Waals surface area contributed by atoms with Crippen LogP contribution >= 0.6 is 11.3 Å². The van der Waals surface area contributed by atoms with Crippen molar-refractivity contribution in [3.05, 3.63) is 48.0 Å². The van der Waals surface area contributed by atoms with E-state index in [0.29, 0.717) is 17.6 Å². The molecule has 5 rings (SSSR count). The molecule has 1 N–H and O–H groups in total. The Labute approximate surface area is 186 Å². The van der Waals surface area contributed by atoms with Gasteiger partial charge in [0.1, 0.15) is 5.01 Å². The summed E-state index contributed by atoms with van der Waals surface area (Å²) in [6, 6.07) is 13.8. The van der Waals surface area contributed by atoms with Gasteiger partial charge in [-0.1, -0.05) is 25.8 Å². The number of fused-ring (bicyclic) bond motifs is 1. The highest BCUT2D eigenvalue weighted by molar-refractivity contribution is 7.21. The van der Waals surface area contributed by atoms with Crippen LogP contribution in [0.4, 0.5) is 5.69 Å². The molecule has 2 aliphatic rings. The summed E-state index contributed by atoms with van der Waals surface area (Å²) in [6.07, 6.45) is 4.94. The molecule has 1 aromatic heterocycles. The minimum absolute atomic E-state index is 0.130. The third-order valence-corrected chi connectivity index (χ3v) is 7.66. The topological polar surface area (TPSA) is 62.3 Å². The van der Waals surface area contributed by atoms with Gasteiger partial charge in [-0.3, -0.25) is 9.59 Å². The number of hydrogen-bond donors (Lipinski definition) is 1. The lowest BCUT2D eigenvalue weighted by molar-refractivity contribution is -0.121. The van der Waals surface area contributed by atoms with Gasteiger partial charge in [-0.25, -0.2) is 9.88 Å². The molecule has 3 aromatic rings. The number of anilines is 1. The number of carbonyl (C=O) groups is 2. The Morgan fingerprint density at radius 1 is 1.06 bits per heavy atom. The molecule has 0 unspecified atom stereocenters. The smallest absolute Gasteiger partial charge is 0.251 e. The molecule has 1 aliphatic heterocycles. The maximum absolute atomic E-state index is 13.0. The van der Waals surface area contributed by atoms with E-state index in [1.165, 1.54) is 29.7 Å². The van der Waals surface area contributed by atoms with Crippen LogP contribution < -0.4 is 10.2 Å². The van der Waals surface area contributed by atoms with Gasteiger partial charge in [0.25, 0.3) is 5.91 Å². The second-order valence-electron chi connectivity index (χ2n) is 8.90. The minimum Gasteiger partial charge on any atom is -0.302 e. The molecule has 31 heavy (non-hydrogen) atoms. The number of amides is 2. The fourth-order valence-corrected chi connectivity index (χ4v) is 5.83. The zero-order valence-corrected chi connectivity index (χ0v) is 18.7. The molecule has 2 heterocycles. The first kappa shape index (κ1) is 20.3. The molecular weight excluding hydrogens is 406 g/mol. The lowest BCUT2D eigenvalue weighted by atomic mass is 9.85. The van der Waals surface area contributed by atoms with Gasteiger partial charge in [0.2, 0.25) is 5.91 Å². The number of carbonyl (C=O) groups excluding carboxylic acids is 2. The number of rotatable bonds is 4. The van der Waals surface area contributed by atoms with Crippen LogP contribution in [0, 0.1) is 12.8 Å². The molecule has 0 bridgehead atoms. The number of nitrogens with zero attached hydrogens (tertiary/aromatic N) is 2. The summed E-state index contributed by atoms with van der Waals surface area (Å²) in [5, 5.41) is 4.43. The Kier molecular flexibility index (Phi) is 5.36. The number of aryl methyl sites for hydroxylation is 1. The maximum Gasteiger partial charge on any atom is 0.251 e. The van der Waals surface area contributed by atoms with E-state index in [1.807, 2.05) is 30.3 Å². The van der Waals surface area contributed by atoms with Gasteiger partial charge in [0, 0.05) is 11.6 Å². The number of aromatic nitrogens is 1. The van der Waals surface area contributed by atoms with Gasteiger partial charge in [-0.15, -0.1) is 11.3 Å². The van der Waals surface area contributed by atoms with E-state index >= 15 is 0 Å². The predicted octanol–water partition coefficient (Wildman–Crippen LogP) is 5.07. The van der Waals surface area contributed by atoms with Crippen molar-refractivity contribution in [1.82, 2.24) is 10.3 Å². The van der Waals surface area contributed by atoms with Crippen molar-refractivity contribution in [2.45, 2.75) is 58.0 Å². The quantitative estimate of drug-likeness (QED) is 0.584. The van der Waals surface area contributed by atoms with Gasteiger partial charge in [-0.05, 0) is 67.6 Å². The van der Waals surface area contributed by atoms with Crippen molar-refractivity contribution in [3.63, 3.8) is 0 Å². The molecular formula is C25H27N3O2S. The molecule has 0 spiro atoms. The average Bonchev–Trinajstić information content (AvgIpc) is 3.30. The highest BCUT2D eigenvalue weighted by Crippen LogP contribution is 2.33. The summed E-state index contributed by atoms with van der Waals surface area (Å²) in [6.45, 7) is 4.31. The van der Waals surface area contributed by atoms with Gasteiger partial charge < -0.3 is 5.32 Å². The number of benzene rings is 2. The average molecular weight is 434 g/mol. The summed E-state index contributed by atoms with van der Waals surface area (Å²) in [7, 11) is 0.